The molecule has 3 rings (SSSR count). The maximum atomic E-state index is 12.1. The molecule has 1 aromatic carbocycles. The van der Waals surface area contributed by atoms with Gasteiger partial charge in [0.25, 0.3) is 0 Å². The average molecular weight is 260 g/mol. The van der Waals surface area contributed by atoms with Crippen LogP contribution in [0, 0.1) is 5.92 Å². The quantitative estimate of drug-likeness (QED) is 0.730. The topological polar surface area (TPSA) is 17.1 Å². The van der Waals surface area contributed by atoms with Gasteiger partial charge in [-0.25, -0.2) is 0 Å². The van der Waals surface area contributed by atoms with E-state index in [0.29, 0.717) is 11.7 Å². The van der Waals surface area contributed by atoms with Crippen LogP contribution in [0.2, 0.25) is 0 Å². The Bertz CT molecular complexity index is 413. The summed E-state index contributed by atoms with van der Waals surface area (Å²) in [6, 6.07) is 8.32. The summed E-state index contributed by atoms with van der Waals surface area (Å²) >= 11 is 1.99. The number of hydrogen-bond acceptors (Lipinski definition) is 2. The van der Waals surface area contributed by atoms with E-state index in [4.69, 9.17) is 0 Å². The monoisotopic (exact) mass is 260 g/mol. The lowest BCUT2D eigenvalue weighted by molar-refractivity contribution is 0.0855. The van der Waals surface area contributed by atoms with Crippen LogP contribution in [0.15, 0.2) is 29.2 Å². The number of carbonyl (C=O) groups is 1. The number of benzene rings is 1. The molecule has 1 nitrogen and oxygen atoms in total. The molecule has 0 N–H and O–H groups in total. The number of ketones is 1. The van der Waals surface area contributed by atoms with Crippen molar-refractivity contribution in [3.63, 3.8) is 0 Å². The molecule has 2 aliphatic rings. The van der Waals surface area contributed by atoms with Gasteiger partial charge in [-0.1, -0.05) is 31.4 Å². The van der Waals surface area contributed by atoms with Gasteiger partial charge in [-0.3, -0.25) is 4.79 Å². The van der Waals surface area contributed by atoms with E-state index in [0.717, 1.165) is 23.7 Å². The van der Waals surface area contributed by atoms with E-state index in [1.807, 2.05) is 23.9 Å². The van der Waals surface area contributed by atoms with Gasteiger partial charge >= 0.3 is 0 Å². The van der Waals surface area contributed by atoms with Gasteiger partial charge in [-0.2, -0.15) is 0 Å². The van der Waals surface area contributed by atoms with Crippen molar-refractivity contribution in [2.75, 3.05) is 0 Å². The smallest absolute Gasteiger partial charge is 0.165 e. The maximum absolute atomic E-state index is 12.1. The van der Waals surface area contributed by atoms with Crippen molar-refractivity contribution < 1.29 is 4.79 Å². The van der Waals surface area contributed by atoms with Gasteiger partial charge in [-0.15, -0.1) is 11.8 Å². The molecule has 18 heavy (non-hydrogen) atoms. The minimum atomic E-state index is 0.318. The zero-order valence-corrected chi connectivity index (χ0v) is 11.5. The summed E-state index contributed by atoms with van der Waals surface area (Å²) in [5.41, 5.74) is 0.912. The highest BCUT2D eigenvalue weighted by Gasteiger charge is 2.26. The van der Waals surface area contributed by atoms with Gasteiger partial charge in [0.2, 0.25) is 0 Å². The first kappa shape index (κ1) is 12.3. The average Bonchev–Trinajstić information content (AvgIpc) is 2.80. The summed E-state index contributed by atoms with van der Waals surface area (Å²) < 4.78 is 0. The SMILES string of the molecule is O=C(c1ccc(SC2CCCC2)cc1)C1CCC1. The van der Waals surface area contributed by atoms with Crippen LogP contribution >= 0.6 is 11.8 Å². The van der Waals surface area contributed by atoms with Crippen molar-refractivity contribution in [2.24, 2.45) is 5.92 Å². The lowest BCUT2D eigenvalue weighted by atomic mass is 9.80. The Morgan fingerprint density at radius 1 is 0.944 bits per heavy atom. The molecule has 0 spiro atoms. The zero-order valence-electron chi connectivity index (χ0n) is 10.7. The molecule has 2 saturated carbocycles. The molecule has 0 unspecified atom stereocenters. The highest BCUT2D eigenvalue weighted by atomic mass is 32.2. The maximum Gasteiger partial charge on any atom is 0.165 e. The molecule has 0 radical (unpaired) electrons. The van der Waals surface area contributed by atoms with E-state index < -0.39 is 0 Å². The Morgan fingerprint density at radius 2 is 1.61 bits per heavy atom. The molecular formula is C16H20OS. The van der Waals surface area contributed by atoms with E-state index >= 15 is 0 Å². The normalized spacial score (nSPS) is 20.9. The highest BCUT2D eigenvalue weighted by Crippen LogP contribution is 2.35. The first-order valence-corrected chi connectivity index (χ1v) is 8.02. The van der Waals surface area contributed by atoms with Crippen LogP contribution in [-0.4, -0.2) is 11.0 Å². The van der Waals surface area contributed by atoms with Crippen LogP contribution in [0.3, 0.4) is 0 Å². The van der Waals surface area contributed by atoms with E-state index in [9.17, 15) is 4.79 Å². The van der Waals surface area contributed by atoms with Crippen LogP contribution in [0.25, 0.3) is 0 Å². The second kappa shape index (κ2) is 5.48. The van der Waals surface area contributed by atoms with Crippen molar-refractivity contribution in [1.82, 2.24) is 0 Å². The third-order valence-electron chi connectivity index (χ3n) is 4.22. The molecule has 2 aliphatic carbocycles. The molecule has 0 bridgehead atoms. The van der Waals surface area contributed by atoms with Crippen LogP contribution in [-0.2, 0) is 0 Å². The minimum Gasteiger partial charge on any atom is -0.294 e. The number of carbonyl (C=O) groups excluding carboxylic acids is 1. The van der Waals surface area contributed by atoms with Crippen LogP contribution in [0.1, 0.15) is 55.3 Å². The van der Waals surface area contributed by atoms with Gasteiger partial charge in [-0.05, 0) is 37.8 Å². The number of Topliss-reactive ketones (excluding diaryl/α,β-unsaturated/α-hetero) is 1. The fourth-order valence-electron chi connectivity index (χ4n) is 2.80. The molecule has 96 valence electrons. The first-order chi connectivity index (χ1) is 8.83. The van der Waals surface area contributed by atoms with Gasteiger partial charge in [0, 0.05) is 21.6 Å². The summed E-state index contributed by atoms with van der Waals surface area (Å²) in [4.78, 5) is 13.4. The second-order valence-corrected chi connectivity index (χ2v) is 6.91. The number of hydrogen-bond donors (Lipinski definition) is 0. The second-order valence-electron chi connectivity index (χ2n) is 5.54. The molecule has 1 aromatic rings. The van der Waals surface area contributed by atoms with Crippen LogP contribution in [0.5, 0.6) is 0 Å². The molecule has 2 heteroatoms. The van der Waals surface area contributed by atoms with E-state index in [-0.39, 0.29) is 0 Å². The lowest BCUT2D eigenvalue weighted by Crippen LogP contribution is -2.21. The lowest BCUT2D eigenvalue weighted by Gasteiger charge is -2.23. The molecule has 0 heterocycles. The number of thioether (sulfide) groups is 1. The Labute approximate surface area is 113 Å². The van der Waals surface area contributed by atoms with E-state index in [2.05, 4.69) is 12.1 Å². The molecule has 2 fully saturated rings. The van der Waals surface area contributed by atoms with E-state index in [1.54, 1.807) is 0 Å². The fourth-order valence-corrected chi connectivity index (χ4v) is 4.05. The largest absolute Gasteiger partial charge is 0.294 e. The summed E-state index contributed by atoms with van der Waals surface area (Å²) in [7, 11) is 0. The Balaban J connectivity index is 1.62. The summed E-state index contributed by atoms with van der Waals surface area (Å²) in [5, 5.41) is 0.804. The Kier molecular flexibility index (Phi) is 3.74. The predicted molar refractivity (Wildman–Crippen MR) is 76.2 cm³/mol. The highest BCUT2D eigenvalue weighted by molar-refractivity contribution is 8.00. The van der Waals surface area contributed by atoms with E-state index in [1.165, 1.54) is 37.0 Å². The van der Waals surface area contributed by atoms with Crippen LogP contribution in [0.4, 0.5) is 0 Å². The van der Waals surface area contributed by atoms with Crippen molar-refractivity contribution in [1.29, 1.82) is 0 Å². The Hall–Kier alpha value is -0.760. The minimum absolute atomic E-state index is 0.318. The third kappa shape index (κ3) is 2.64. The molecule has 0 saturated heterocycles. The van der Waals surface area contributed by atoms with Gasteiger partial charge in [0.1, 0.15) is 0 Å². The summed E-state index contributed by atoms with van der Waals surface area (Å²) in [6.45, 7) is 0. The van der Waals surface area contributed by atoms with Crippen molar-refractivity contribution in [2.45, 2.75) is 55.1 Å². The predicted octanol–water partition coefficient (Wildman–Crippen LogP) is 4.70. The molecular weight excluding hydrogens is 240 g/mol. The van der Waals surface area contributed by atoms with Gasteiger partial charge < -0.3 is 0 Å². The number of rotatable bonds is 4. The molecule has 0 aliphatic heterocycles. The third-order valence-corrected chi connectivity index (χ3v) is 5.57. The molecule has 0 aromatic heterocycles. The summed E-state index contributed by atoms with van der Waals surface area (Å²) in [5.74, 6) is 0.678. The molecule has 0 atom stereocenters. The standard InChI is InChI=1S/C16H20OS/c17-16(12-4-3-5-12)13-8-10-15(11-9-13)18-14-6-1-2-7-14/h8-12,14H,1-7H2. The van der Waals surface area contributed by atoms with Gasteiger partial charge in [0.15, 0.2) is 5.78 Å². The van der Waals surface area contributed by atoms with Crippen LogP contribution < -0.4 is 0 Å². The first-order valence-electron chi connectivity index (χ1n) is 7.14. The summed E-state index contributed by atoms with van der Waals surface area (Å²) in [6.07, 6.45) is 8.90. The molecule has 0 amide bonds. The Morgan fingerprint density at radius 3 is 2.17 bits per heavy atom. The van der Waals surface area contributed by atoms with Crippen molar-refractivity contribution >= 4 is 17.5 Å². The van der Waals surface area contributed by atoms with Crippen molar-refractivity contribution in [3.8, 4) is 0 Å². The van der Waals surface area contributed by atoms with Gasteiger partial charge in [0.05, 0.1) is 0 Å². The zero-order chi connectivity index (χ0) is 12.4. The fraction of sp³-hybridized carbons (Fsp3) is 0.562. The van der Waals surface area contributed by atoms with Crippen molar-refractivity contribution in [3.05, 3.63) is 29.8 Å².